The Morgan fingerprint density at radius 1 is 1.40 bits per heavy atom. The molecule has 0 fully saturated rings. The van der Waals surface area contributed by atoms with Crippen LogP contribution < -0.4 is 0 Å². The fraction of sp³-hybridized carbons (Fsp3) is 0.100. The molecule has 0 aromatic carbocycles. The van der Waals surface area contributed by atoms with Gasteiger partial charge in [-0.05, 0) is 28.1 Å². The predicted octanol–water partition coefficient (Wildman–Crippen LogP) is 1.96. The van der Waals surface area contributed by atoms with Gasteiger partial charge in [0, 0.05) is 23.1 Å². The zero-order valence-corrected chi connectivity index (χ0v) is 9.35. The van der Waals surface area contributed by atoms with Crippen molar-refractivity contribution in [2.75, 3.05) is 0 Å². The SMILES string of the molecule is N#Cc1nccn1Cc1ccc(Br)cn1. The topological polar surface area (TPSA) is 54.5 Å². The number of pyridine rings is 1. The minimum Gasteiger partial charge on any atom is -0.317 e. The molecule has 2 aromatic heterocycles. The molecule has 2 heterocycles. The highest BCUT2D eigenvalue weighted by molar-refractivity contribution is 9.10. The van der Waals surface area contributed by atoms with Gasteiger partial charge >= 0.3 is 0 Å². The average Bonchev–Trinajstić information content (AvgIpc) is 2.69. The van der Waals surface area contributed by atoms with Gasteiger partial charge in [-0.1, -0.05) is 0 Å². The van der Waals surface area contributed by atoms with Crippen LogP contribution in [-0.4, -0.2) is 14.5 Å². The quantitative estimate of drug-likeness (QED) is 0.832. The summed E-state index contributed by atoms with van der Waals surface area (Å²) in [7, 11) is 0. The van der Waals surface area contributed by atoms with Gasteiger partial charge in [0.05, 0.1) is 12.2 Å². The number of imidazole rings is 1. The van der Waals surface area contributed by atoms with Gasteiger partial charge in [-0.2, -0.15) is 5.26 Å². The van der Waals surface area contributed by atoms with Gasteiger partial charge in [-0.3, -0.25) is 4.98 Å². The maximum atomic E-state index is 8.77. The number of halogens is 1. The second kappa shape index (κ2) is 4.24. The fourth-order valence-corrected chi connectivity index (χ4v) is 1.46. The standard InChI is InChI=1S/C10H7BrN4/c11-8-1-2-9(14-6-8)7-15-4-3-13-10(15)5-12/h1-4,6H,7H2. The van der Waals surface area contributed by atoms with Crippen molar-refractivity contribution in [1.82, 2.24) is 14.5 Å². The van der Waals surface area contributed by atoms with Crippen molar-refractivity contribution in [3.63, 3.8) is 0 Å². The van der Waals surface area contributed by atoms with Crippen LogP contribution in [0, 0.1) is 11.3 Å². The van der Waals surface area contributed by atoms with E-state index in [1.54, 1.807) is 23.2 Å². The Morgan fingerprint density at radius 2 is 2.27 bits per heavy atom. The summed E-state index contributed by atoms with van der Waals surface area (Å²) in [5.74, 6) is 0.403. The molecule has 0 amide bonds. The maximum Gasteiger partial charge on any atom is 0.213 e. The number of hydrogen-bond donors (Lipinski definition) is 0. The first-order valence-electron chi connectivity index (χ1n) is 4.31. The summed E-state index contributed by atoms with van der Waals surface area (Å²) in [6.45, 7) is 0.566. The Bertz CT molecular complexity index is 495. The average molecular weight is 263 g/mol. The van der Waals surface area contributed by atoms with Crippen LogP contribution in [0.5, 0.6) is 0 Å². The van der Waals surface area contributed by atoms with E-state index >= 15 is 0 Å². The molecule has 5 heteroatoms. The van der Waals surface area contributed by atoms with Crippen molar-refractivity contribution in [2.24, 2.45) is 0 Å². The zero-order chi connectivity index (χ0) is 10.7. The molecule has 74 valence electrons. The molecular formula is C10H7BrN4. The molecule has 2 rings (SSSR count). The minimum absolute atomic E-state index is 0.403. The summed E-state index contributed by atoms with van der Waals surface area (Å²) in [5.41, 5.74) is 0.896. The third-order valence-electron chi connectivity index (χ3n) is 1.94. The Labute approximate surface area is 95.3 Å². The molecule has 15 heavy (non-hydrogen) atoms. The molecule has 0 aliphatic carbocycles. The van der Waals surface area contributed by atoms with Crippen molar-refractivity contribution in [3.8, 4) is 6.07 Å². The first kappa shape index (κ1) is 9.87. The summed E-state index contributed by atoms with van der Waals surface area (Å²) >= 11 is 3.32. The van der Waals surface area contributed by atoms with E-state index in [4.69, 9.17) is 5.26 Å². The van der Waals surface area contributed by atoms with Crippen LogP contribution in [0.2, 0.25) is 0 Å². The predicted molar refractivity (Wildman–Crippen MR) is 58.0 cm³/mol. The van der Waals surface area contributed by atoms with Gasteiger partial charge in [-0.15, -0.1) is 0 Å². The van der Waals surface area contributed by atoms with Gasteiger partial charge in [0.1, 0.15) is 6.07 Å². The van der Waals surface area contributed by atoms with E-state index in [9.17, 15) is 0 Å². The van der Waals surface area contributed by atoms with E-state index in [1.807, 2.05) is 18.2 Å². The van der Waals surface area contributed by atoms with Crippen molar-refractivity contribution in [1.29, 1.82) is 5.26 Å². The summed E-state index contributed by atoms with van der Waals surface area (Å²) in [4.78, 5) is 8.14. The van der Waals surface area contributed by atoms with Crippen LogP contribution in [0.1, 0.15) is 11.5 Å². The first-order valence-corrected chi connectivity index (χ1v) is 5.10. The van der Waals surface area contributed by atoms with Crippen molar-refractivity contribution in [3.05, 3.63) is 46.7 Å². The Morgan fingerprint density at radius 3 is 2.93 bits per heavy atom. The summed E-state index contributed by atoms with van der Waals surface area (Å²) in [6.07, 6.45) is 5.11. The third kappa shape index (κ3) is 2.22. The molecule has 0 atom stereocenters. The van der Waals surface area contributed by atoms with Gasteiger partial charge in [-0.25, -0.2) is 4.98 Å². The number of nitrogens with zero attached hydrogens (tertiary/aromatic N) is 4. The normalized spacial score (nSPS) is 9.87. The lowest BCUT2D eigenvalue weighted by Gasteiger charge is -2.02. The highest BCUT2D eigenvalue weighted by atomic mass is 79.9. The van der Waals surface area contributed by atoms with Gasteiger partial charge in [0.15, 0.2) is 0 Å². The lowest BCUT2D eigenvalue weighted by Crippen LogP contribution is -2.02. The monoisotopic (exact) mass is 262 g/mol. The van der Waals surface area contributed by atoms with Gasteiger partial charge in [0.25, 0.3) is 0 Å². The van der Waals surface area contributed by atoms with E-state index in [2.05, 4.69) is 25.9 Å². The molecule has 0 bridgehead atoms. The van der Waals surface area contributed by atoms with E-state index in [0.717, 1.165) is 10.2 Å². The molecular weight excluding hydrogens is 256 g/mol. The largest absolute Gasteiger partial charge is 0.317 e. The van der Waals surface area contributed by atoms with Crippen LogP contribution in [0.4, 0.5) is 0 Å². The lowest BCUT2D eigenvalue weighted by molar-refractivity contribution is 0.759. The van der Waals surface area contributed by atoms with E-state index in [0.29, 0.717) is 12.4 Å². The van der Waals surface area contributed by atoms with E-state index < -0.39 is 0 Å². The van der Waals surface area contributed by atoms with Gasteiger partial charge in [0.2, 0.25) is 5.82 Å². The van der Waals surface area contributed by atoms with Crippen LogP contribution in [-0.2, 0) is 6.54 Å². The van der Waals surface area contributed by atoms with Crippen LogP contribution >= 0.6 is 15.9 Å². The molecule has 0 radical (unpaired) electrons. The molecule has 0 spiro atoms. The molecule has 0 unspecified atom stereocenters. The highest BCUT2D eigenvalue weighted by Crippen LogP contribution is 2.09. The lowest BCUT2D eigenvalue weighted by atomic mass is 10.3. The molecule has 0 saturated heterocycles. The summed E-state index contributed by atoms with van der Waals surface area (Å²) in [5, 5.41) is 8.77. The molecule has 2 aromatic rings. The Balaban J connectivity index is 2.23. The number of hydrogen-bond acceptors (Lipinski definition) is 3. The molecule has 0 aliphatic heterocycles. The van der Waals surface area contributed by atoms with Gasteiger partial charge < -0.3 is 4.57 Å². The minimum atomic E-state index is 0.403. The van der Waals surface area contributed by atoms with E-state index in [1.165, 1.54) is 0 Å². The number of rotatable bonds is 2. The van der Waals surface area contributed by atoms with Crippen molar-refractivity contribution < 1.29 is 0 Å². The number of nitriles is 1. The van der Waals surface area contributed by atoms with Crippen LogP contribution in [0.3, 0.4) is 0 Å². The third-order valence-corrected chi connectivity index (χ3v) is 2.41. The second-order valence-electron chi connectivity index (χ2n) is 2.96. The zero-order valence-electron chi connectivity index (χ0n) is 7.76. The fourth-order valence-electron chi connectivity index (χ4n) is 1.22. The molecule has 4 nitrogen and oxygen atoms in total. The van der Waals surface area contributed by atoms with E-state index in [-0.39, 0.29) is 0 Å². The Hall–Kier alpha value is -1.67. The first-order chi connectivity index (χ1) is 7.29. The van der Waals surface area contributed by atoms with Crippen LogP contribution in [0.15, 0.2) is 35.2 Å². The highest BCUT2D eigenvalue weighted by Gasteiger charge is 2.02. The Kier molecular flexibility index (Phi) is 2.79. The van der Waals surface area contributed by atoms with Crippen molar-refractivity contribution in [2.45, 2.75) is 6.54 Å². The molecule has 0 saturated carbocycles. The maximum absolute atomic E-state index is 8.77. The summed E-state index contributed by atoms with van der Waals surface area (Å²) in [6, 6.07) is 5.85. The van der Waals surface area contributed by atoms with Crippen LogP contribution in [0.25, 0.3) is 0 Å². The second-order valence-corrected chi connectivity index (χ2v) is 3.87. The molecule has 0 aliphatic rings. The molecule has 0 N–H and O–H groups in total. The number of aromatic nitrogens is 3. The smallest absolute Gasteiger partial charge is 0.213 e. The van der Waals surface area contributed by atoms with Crippen molar-refractivity contribution >= 4 is 15.9 Å². The summed E-state index contributed by atoms with van der Waals surface area (Å²) < 4.78 is 2.70.